The summed E-state index contributed by atoms with van der Waals surface area (Å²) in [6.07, 6.45) is 0.662. The van der Waals surface area contributed by atoms with E-state index in [1.54, 1.807) is 20.8 Å². The van der Waals surface area contributed by atoms with Gasteiger partial charge in [0.1, 0.15) is 11.6 Å². The Bertz CT molecular complexity index is 524. The van der Waals surface area contributed by atoms with Gasteiger partial charge in [-0.1, -0.05) is 6.07 Å². The molecule has 0 saturated carbocycles. The first kappa shape index (κ1) is 15.7. The second-order valence-electron chi connectivity index (χ2n) is 5.30. The number of aliphatic carboxylic acids is 1. The number of aromatic amines is 1. The topological polar surface area (TPSA) is 108 Å². The molecule has 0 aliphatic heterocycles. The average molecular weight is 282 g/mol. The highest BCUT2D eigenvalue weighted by Crippen LogP contribution is 2.08. The Balaban J connectivity index is 2.70. The van der Waals surface area contributed by atoms with Crippen LogP contribution in [0.15, 0.2) is 23.1 Å². The van der Waals surface area contributed by atoms with Gasteiger partial charge in [0.15, 0.2) is 0 Å². The van der Waals surface area contributed by atoms with Crippen LogP contribution in [-0.2, 0) is 16.0 Å². The van der Waals surface area contributed by atoms with Gasteiger partial charge in [-0.3, -0.25) is 4.79 Å². The first-order valence-electron chi connectivity index (χ1n) is 6.07. The number of H-pyrrole nitrogens is 1. The van der Waals surface area contributed by atoms with E-state index in [-0.39, 0.29) is 12.0 Å². The van der Waals surface area contributed by atoms with E-state index in [1.807, 2.05) is 0 Å². The van der Waals surface area contributed by atoms with E-state index in [9.17, 15) is 14.4 Å². The molecule has 1 heterocycles. The molecule has 0 bridgehead atoms. The van der Waals surface area contributed by atoms with Crippen LogP contribution < -0.4 is 10.9 Å². The highest BCUT2D eigenvalue weighted by atomic mass is 16.6. The third-order valence-electron chi connectivity index (χ3n) is 2.28. The smallest absolute Gasteiger partial charge is 0.408 e. The molecule has 1 rings (SSSR count). The number of alkyl carbamates (subject to hydrolysis) is 1. The summed E-state index contributed by atoms with van der Waals surface area (Å²) in [4.78, 5) is 36.1. The maximum Gasteiger partial charge on any atom is 0.408 e. The number of hydrogen-bond acceptors (Lipinski definition) is 4. The van der Waals surface area contributed by atoms with Crippen LogP contribution in [-0.4, -0.2) is 33.8 Å². The fourth-order valence-corrected chi connectivity index (χ4v) is 1.46. The molecular weight excluding hydrogens is 264 g/mol. The number of aromatic nitrogens is 1. The molecule has 0 radical (unpaired) electrons. The Morgan fingerprint density at radius 3 is 2.50 bits per heavy atom. The van der Waals surface area contributed by atoms with Crippen molar-refractivity contribution in [2.24, 2.45) is 0 Å². The summed E-state index contributed by atoms with van der Waals surface area (Å²) in [5.41, 5.74) is -0.390. The van der Waals surface area contributed by atoms with Gasteiger partial charge in [0.2, 0.25) is 5.56 Å². The summed E-state index contributed by atoms with van der Waals surface area (Å²) in [7, 11) is 0. The van der Waals surface area contributed by atoms with Crippen molar-refractivity contribution < 1.29 is 19.4 Å². The monoisotopic (exact) mass is 282 g/mol. The van der Waals surface area contributed by atoms with Gasteiger partial charge in [0, 0.05) is 18.7 Å². The number of amides is 1. The number of hydrogen-bond donors (Lipinski definition) is 3. The van der Waals surface area contributed by atoms with Crippen molar-refractivity contribution in [3.05, 3.63) is 34.2 Å². The van der Waals surface area contributed by atoms with Crippen molar-refractivity contribution in [3.63, 3.8) is 0 Å². The van der Waals surface area contributed by atoms with Crippen LogP contribution >= 0.6 is 0 Å². The van der Waals surface area contributed by atoms with Crippen molar-refractivity contribution in [2.75, 3.05) is 0 Å². The summed E-state index contributed by atoms with van der Waals surface area (Å²) in [5, 5.41) is 11.4. The molecule has 1 amide bonds. The van der Waals surface area contributed by atoms with Crippen molar-refractivity contribution in [1.29, 1.82) is 0 Å². The minimum Gasteiger partial charge on any atom is -0.480 e. The lowest BCUT2D eigenvalue weighted by molar-refractivity contribution is -0.139. The van der Waals surface area contributed by atoms with Crippen LogP contribution in [0, 0.1) is 0 Å². The molecule has 1 aromatic heterocycles. The number of nitrogens with one attached hydrogen (secondary N) is 2. The highest BCUT2D eigenvalue weighted by molar-refractivity contribution is 5.80. The number of rotatable bonds is 4. The van der Waals surface area contributed by atoms with E-state index in [4.69, 9.17) is 9.84 Å². The summed E-state index contributed by atoms with van der Waals surface area (Å²) in [5.74, 6) is -1.18. The normalized spacial score (nSPS) is 12.6. The molecule has 1 unspecified atom stereocenters. The standard InChI is InChI=1S/C13H18N2O5/c1-13(2,3)20-12(19)15-9(11(17)18)6-8-4-5-10(16)14-7-8/h4-5,7,9H,6H2,1-3H3,(H,14,16)(H,15,19)(H,17,18). The zero-order valence-corrected chi connectivity index (χ0v) is 11.6. The Kier molecular flexibility index (Phi) is 4.90. The predicted molar refractivity (Wildman–Crippen MR) is 71.6 cm³/mol. The molecule has 110 valence electrons. The molecule has 0 aliphatic rings. The van der Waals surface area contributed by atoms with Gasteiger partial charge < -0.3 is 20.1 Å². The molecule has 0 saturated heterocycles. The highest BCUT2D eigenvalue weighted by Gasteiger charge is 2.24. The molecule has 20 heavy (non-hydrogen) atoms. The minimum atomic E-state index is -1.18. The van der Waals surface area contributed by atoms with Gasteiger partial charge >= 0.3 is 12.1 Å². The van der Waals surface area contributed by atoms with Gasteiger partial charge in [-0.25, -0.2) is 9.59 Å². The van der Waals surface area contributed by atoms with E-state index >= 15 is 0 Å². The average Bonchev–Trinajstić information content (AvgIpc) is 2.28. The predicted octanol–water partition coefficient (Wildman–Crippen LogP) is 0.895. The fraction of sp³-hybridized carbons (Fsp3) is 0.462. The Labute approximate surface area is 116 Å². The molecule has 1 atom stereocenters. The SMILES string of the molecule is CC(C)(C)OC(=O)NC(Cc1ccc(=O)[nH]c1)C(=O)O. The first-order chi connectivity index (χ1) is 9.17. The third-order valence-corrected chi connectivity index (χ3v) is 2.28. The zero-order valence-electron chi connectivity index (χ0n) is 11.6. The number of pyridine rings is 1. The minimum absolute atomic E-state index is 0.0470. The molecule has 0 spiro atoms. The van der Waals surface area contributed by atoms with Crippen LogP contribution in [0.1, 0.15) is 26.3 Å². The largest absolute Gasteiger partial charge is 0.480 e. The number of ether oxygens (including phenoxy) is 1. The van der Waals surface area contributed by atoms with E-state index in [1.165, 1.54) is 18.3 Å². The van der Waals surface area contributed by atoms with Crippen LogP contribution in [0.3, 0.4) is 0 Å². The molecule has 7 heteroatoms. The quantitative estimate of drug-likeness (QED) is 0.760. The zero-order chi connectivity index (χ0) is 15.3. The van der Waals surface area contributed by atoms with Gasteiger partial charge in [0.25, 0.3) is 0 Å². The van der Waals surface area contributed by atoms with Crippen molar-refractivity contribution >= 4 is 12.1 Å². The Morgan fingerprint density at radius 2 is 2.05 bits per heavy atom. The second-order valence-corrected chi connectivity index (χ2v) is 5.30. The van der Waals surface area contributed by atoms with Crippen molar-refractivity contribution in [1.82, 2.24) is 10.3 Å². The third kappa shape index (κ3) is 5.55. The van der Waals surface area contributed by atoms with Gasteiger partial charge in [-0.05, 0) is 26.3 Å². The van der Waals surface area contributed by atoms with Crippen LogP contribution in [0.25, 0.3) is 0 Å². The Morgan fingerprint density at radius 1 is 1.40 bits per heavy atom. The lowest BCUT2D eigenvalue weighted by Crippen LogP contribution is -2.44. The summed E-state index contributed by atoms with van der Waals surface area (Å²) in [6, 6.07) is 1.67. The molecular formula is C13H18N2O5. The fourth-order valence-electron chi connectivity index (χ4n) is 1.46. The lowest BCUT2D eigenvalue weighted by Gasteiger charge is -2.22. The summed E-state index contributed by atoms with van der Waals surface area (Å²) >= 11 is 0. The first-order valence-corrected chi connectivity index (χ1v) is 6.07. The van der Waals surface area contributed by atoms with Crippen LogP contribution in [0.2, 0.25) is 0 Å². The lowest BCUT2D eigenvalue weighted by atomic mass is 10.1. The second kappa shape index (κ2) is 6.23. The van der Waals surface area contributed by atoms with E-state index in [2.05, 4.69) is 10.3 Å². The van der Waals surface area contributed by atoms with Crippen molar-refractivity contribution in [2.45, 2.75) is 38.8 Å². The number of carbonyl (C=O) groups excluding carboxylic acids is 1. The Hall–Kier alpha value is -2.31. The maximum absolute atomic E-state index is 11.6. The number of carboxylic acids is 1. The molecule has 1 aromatic rings. The van der Waals surface area contributed by atoms with E-state index in [0.717, 1.165) is 0 Å². The van der Waals surface area contributed by atoms with Crippen LogP contribution in [0.5, 0.6) is 0 Å². The molecule has 0 aliphatic carbocycles. The van der Waals surface area contributed by atoms with E-state index in [0.29, 0.717) is 5.56 Å². The molecule has 3 N–H and O–H groups in total. The summed E-state index contributed by atoms with van der Waals surface area (Å²) < 4.78 is 5.00. The molecule has 0 aromatic carbocycles. The van der Waals surface area contributed by atoms with Gasteiger partial charge in [-0.2, -0.15) is 0 Å². The van der Waals surface area contributed by atoms with Gasteiger partial charge in [-0.15, -0.1) is 0 Å². The van der Waals surface area contributed by atoms with Crippen LogP contribution in [0.4, 0.5) is 4.79 Å². The maximum atomic E-state index is 11.6. The molecule has 7 nitrogen and oxygen atoms in total. The summed E-state index contributed by atoms with van der Waals surface area (Å²) in [6.45, 7) is 5.05. The molecule has 0 fully saturated rings. The number of carbonyl (C=O) groups is 2. The van der Waals surface area contributed by atoms with Gasteiger partial charge in [0.05, 0.1) is 0 Å². The van der Waals surface area contributed by atoms with Crippen molar-refractivity contribution in [3.8, 4) is 0 Å². The van der Waals surface area contributed by atoms with E-state index < -0.39 is 23.7 Å². The number of carboxylic acid groups (broad SMARTS) is 1.